The van der Waals surface area contributed by atoms with Crippen LogP contribution in [0.15, 0.2) is 42.6 Å². The van der Waals surface area contributed by atoms with E-state index in [0.717, 1.165) is 18.7 Å². The third-order valence-corrected chi connectivity index (χ3v) is 4.46. The van der Waals surface area contributed by atoms with Crippen LogP contribution >= 0.6 is 0 Å². The van der Waals surface area contributed by atoms with Gasteiger partial charge in [0.05, 0.1) is 25.1 Å². The van der Waals surface area contributed by atoms with E-state index in [4.69, 9.17) is 4.74 Å². The molecule has 3 heterocycles. The van der Waals surface area contributed by atoms with Gasteiger partial charge in [0.2, 0.25) is 0 Å². The molecule has 1 aromatic carbocycles. The second-order valence-corrected chi connectivity index (χ2v) is 5.84. The number of morpholine rings is 1. The molecule has 0 atom stereocenters. The molecular formula is C18H19N3O2. The van der Waals surface area contributed by atoms with Gasteiger partial charge in [-0.15, -0.1) is 0 Å². The highest BCUT2D eigenvalue weighted by Crippen LogP contribution is 2.33. The monoisotopic (exact) mass is 309 g/mol. The van der Waals surface area contributed by atoms with E-state index in [1.807, 2.05) is 12.1 Å². The van der Waals surface area contributed by atoms with Crippen molar-refractivity contribution in [3.8, 4) is 0 Å². The van der Waals surface area contributed by atoms with Crippen LogP contribution in [0, 0.1) is 0 Å². The number of carbonyl (C=O) groups is 1. The first kappa shape index (κ1) is 14.2. The molecule has 0 unspecified atom stereocenters. The SMILES string of the molecule is O=C(c1ccc(N2CCc3ccccc32)cn1)N1CCOCC1. The summed E-state index contributed by atoms with van der Waals surface area (Å²) in [5, 5.41) is 0. The topological polar surface area (TPSA) is 45.7 Å². The fourth-order valence-electron chi connectivity index (χ4n) is 3.21. The molecule has 0 N–H and O–H groups in total. The number of hydrogen-bond acceptors (Lipinski definition) is 4. The maximum atomic E-state index is 12.4. The Morgan fingerprint density at radius 2 is 1.87 bits per heavy atom. The van der Waals surface area contributed by atoms with Gasteiger partial charge in [-0.25, -0.2) is 4.98 Å². The molecule has 5 heteroatoms. The summed E-state index contributed by atoms with van der Waals surface area (Å²) in [6, 6.07) is 12.2. The molecule has 0 aliphatic carbocycles. The number of benzene rings is 1. The Morgan fingerprint density at radius 1 is 1.04 bits per heavy atom. The van der Waals surface area contributed by atoms with Crippen LogP contribution < -0.4 is 4.90 Å². The van der Waals surface area contributed by atoms with E-state index >= 15 is 0 Å². The second kappa shape index (κ2) is 6.01. The summed E-state index contributed by atoms with van der Waals surface area (Å²) in [5.74, 6) is -0.0123. The zero-order chi connectivity index (χ0) is 15.6. The van der Waals surface area contributed by atoms with Crippen molar-refractivity contribution in [1.29, 1.82) is 0 Å². The Kier molecular flexibility index (Phi) is 3.71. The number of nitrogens with zero attached hydrogens (tertiary/aromatic N) is 3. The Bertz CT molecular complexity index is 708. The summed E-state index contributed by atoms with van der Waals surface area (Å²) < 4.78 is 5.28. The molecule has 0 spiro atoms. The zero-order valence-electron chi connectivity index (χ0n) is 12.9. The maximum absolute atomic E-state index is 12.4. The van der Waals surface area contributed by atoms with Gasteiger partial charge in [0.1, 0.15) is 5.69 Å². The minimum absolute atomic E-state index is 0.0123. The van der Waals surface area contributed by atoms with E-state index in [1.54, 1.807) is 11.1 Å². The van der Waals surface area contributed by atoms with Crippen molar-refractivity contribution < 1.29 is 9.53 Å². The van der Waals surface area contributed by atoms with Crippen molar-refractivity contribution >= 4 is 17.3 Å². The number of fused-ring (bicyclic) bond motifs is 1. The minimum atomic E-state index is -0.0123. The molecule has 1 fully saturated rings. The summed E-state index contributed by atoms with van der Waals surface area (Å²) in [7, 11) is 0. The van der Waals surface area contributed by atoms with Crippen molar-refractivity contribution in [3.05, 3.63) is 53.9 Å². The molecule has 4 rings (SSSR count). The van der Waals surface area contributed by atoms with Crippen molar-refractivity contribution in [2.24, 2.45) is 0 Å². The first-order chi connectivity index (χ1) is 11.3. The molecule has 2 aliphatic heterocycles. The Labute approximate surface area is 135 Å². The first-order valence-corrected chi connectivity index (χ1v) is 8.01. The molecule has 2 aliphatic rings. The highest BCUT2D eigenvalue weighted by atomic mass is 16.5. The van der Waals surface area contributed by atoms with E-state index in [-0.39, 0.29) is 5.91 Å². The molecular weight excluding hydrogens is 290 g/mol. The van der Waals surface area contributed by atoms with E-state index in [1.165, 1.54) is 11.3 Å². The van der Waals surface area contributed by atoms with Crippen molar-refractivity contribution in [2.75, 3.05) is 37.7 Å². The van der Waals surface area contributed by atoms with Crippen LogP contribution in [0.3, 0.4) is 0 Å². The molecule has 118 valence electrons. The molecule has 0 saturated carbocycles. The lowest BCUT2D eigenvalue weighted by molar-refractivity contribution is 0.0299. The van der Waals surface area contributed by atoms with Crippen molar-refractivity contribution in [2.45, 2.75) is 6.42 Å². The van der Waals surface area contributed by atoms with Crippen molar-refractivity contribution in [1.82, 2.24) is 9.88 Å². The predicted octanol–water partition coefficient (Wildman–Crippen LogP) is 2.25. The van der Waals surface area contributed by atoms with Gasteiger partial charge in [0.25, 0.3) is 5.91 Å². The summed E-state index contributed by atoms with van der Waals surface area (Å²) >= 11 is 0. The lowest BCUT2D eigenvalue weighted by atomic mass is 10.2. The molecule has 1 saturated heterocycles. The molecule has 5 nitrogen and oxygen atoms in total. The Balaban J connectivity index is 1.53. The average Bonchev–Trinajstić information content (AvgIpc) is 3.06. The van der Waals surface area contributed by atoms with Gasteiger partial charge in [-0.05, 0) is 30.2 Å². The normalized spacial score (nSPS) is 17.2. The molecule has 1 amide bonds. The van der Waals surface area contributed by atoms with E-state index < -0.39 is 0 Å². The quantitative estimate of drug-likeness (QED) is 0.853. The fourth-order valence-corrected chi connectivity index (χ4v) is 3.21. The average molecular weight is 309 g/mol. The van der Waals surface area contributed by atoms with Crippen LogP contribution in [0.5, 0.6) is 0 Å². The van der Waals surface area contributed by atoms with Crippen LogP contribution in [-0.2, 0) is 11.2 Å². The highest BCUT2D eigenvalue weighted by Gasteiger charge is 2.22. The zero-order valence-corrected chi connectivity index (χ0v) is 12.9. The van der Waals surface area contributed by atoms with Gasteiger partial charge in [-0.1, -0.05) is 18.2 Å². The van der Waals surface area contributed by atoms with Crippen LogP contribution in [0.2, 0.25) is 0 Å². The largest absolute Gasteiger partial charge is 0.378 e. The Morgan fingerprint density at radius 3 is 2.65 bits per heavy atom. The number of carbonyl (C=O) groups excluding carboxylic acids is 1. The summed E-state index contributed by atoms with van der Waals surface area (Å²) in [4.78, 5) is 20.9. The van der Waals surface area contributed by atoms with E-state index in [9.17, 15) is 4.79 Å². The number of para-hydroxylation sites is 1. The number of amides is 1. The highest BCUT2D eigenvalue weighted by molar-refractivity contribution is 5.92. The van der Waals surface area contributed by atoms with Gasteiger partial charge >= 0.3 is 0 Å². The number of pyridine rings is 1. The third kappa shape index (κ3) is 2.68. The second-order valence-electron chi connectivity index (χ2n) is 5.84. The van der Waals surface area contributed by atoms with Gasteiger partial charge in [0, 0.05) is 25.3 Å². The number of rotatable bonds is 2. The molecule has 0 radical (unpaired) electrons. The standard InChI is InChI=1S/C18H19N3O2/c22-18(20-9-11-23-12-10-20)16-6-5-15(13-19-16)21-8-7-14-3-1-2-4-17(14)21/h1-6,13H,7-12H2. The van der Waals surface area contributed by atoms with Gasteiger partial charge in [0.15, 0.2) is 0 Å². The first-order valence-electron chi connectivity index (χ1n) is 8.01. The molecule has 2 aromatic rings. The molecule has 1 aromatic heterocycles. The predicted molar refractivity (Wildman–Crippen MR) is 88.1 cm³/mol. The van der Waals surface area contributed by atoms with E-state index in [0.29, 0.717) is 32.0 Å². The van der Waals surface area contributed by atoms with Crippen LogP contribution in [-0.4, -0.2) is 48.6 Å². The van der Waals surface area contributed by atoms with Crippen molar-refractivity contribution in [3.63, 3.8) is 0 Å². The van der Waals surface area contributed by atoms with E-state index in [2.05, 4.69) is 34.1 Å². The van der Waals surface area contributed by atoms with Crippen LogP contribution in [0.4, 0.5) is 11.4 Å². The van der Waals surface area contributed by atoms with Crippen LogP contribution in [0.1, 0.15) is 16.1 Å². The third-order valence-electron chi connectivity index (χ3n) is 4.46. The number of anilines is 2. The summed E-state index contributed by atoms with van der Waals surface area (Å²) in [6.07, 6.45) is 2.85. The lowest BCUT2D eigenvalue weighted by Gasteiger charge is -2.26. The van der Waals surface area contributed by atoms with Crippen LogP contribution in [0.25, 0.3) is 0 Å². The lowest BCUT2D eigenvalue weighted by Crippen LogP contribution is -2.41. The molecule has 23 heavy (non-hydrogen) atoms. The van der Waals surface area contributed by atoms with Gasteiger partial charge in [-0.3, -0.25) is 4.79 Å². The number of aromatic nitrogens is 1. The fraction of sp³-hybridized carbons (Fsp3) is 0.333. The molecule has 0 bridgehead atoms. The smallest absolute Gasteiger partial charge is 0.272 e. The summed E-state index contributed by atoms with van der Waals surface area (Å²) in [6.45, 7) is 3.45. The minimum Gasteiger partial charge on any atom is -0.378 e. The summed E-state index contributed by atoms with van der Waals surface area (Å²) in [5.41, 5.74) is 4.14. The van der Waals surface area contributed by atoms with Gasteiger partial charge in [-0.2, -0.15) is 0 Å². The maximum Gasteiger partial charge on any atom is 0.272 e. The Hall–Kier alpha value is -2.40. The number of ether oxygens (including phenoxy) is 1. The van der Waals surface area contributed by atoms with Gasteiger partial charge < -0.3 is 14.5 Å². The number of hydrogen-bond donors (Lipinski definition) is 0.